The van der Waals surface area contributed by atoms with Crippen LogP contribution in [0.1, 0.15) is 12.0 Å². The first-order valence-corrected chi connectivity index (χ1v) is 8.44. The van der Waals surface area contributed by atoms with Crippen molar-refractivity contribution in [3.8, 4) is 11.5 Å². The third-order valence-electron chi connectivity index (χ3n) is 3.52. The molecule has 0 heterocycles. The van der Waals surface area contributed by atoms with Gasteiger partial charge in [0.2, 0.25) is 0 Å². The maximum absolute atomic E-state index is 11.0. The Kier molecular flexibility index (Phi) is 5.92. The number of nitro groups is 1. The van der Waals surface area contributed by atoms with E-state index >= 15 is 0 Å². The van der Waals surface area contributed by atoms with Crippen molar-refractivity contribution in [1.82, 2.24) is 0 Å². The first-order valence-electron chi connectivity index (χ1n) is 6.86. The largest absolute Gasteiger partial charge is 0.748 e. The molecule has 130 valence electrons. The average Bonchev–Trinajstić information content (AvgIpc) is 2.37. The Morgan fingerprint density at radius 3 is 2.26 bits per heavy atom. The average molecular weight is 348 g/mol. The number of hydrogen-bond acceptors (Lipinski definition) is 7. The summed E-state index contributed by atoms with van der Waals surface area (Å²) in [5.41, 5.74) is -0.0182. The Bertz CT molecular complexity index is 686. The fourth-order valence-corrected chi connectivity index (χ4v) is 2.67. The lowest BCUT2D eigenvalue weighted by molar-refractivity contribution is -0.890. The van der Waals surface area contributed by atoms with Crippen LogP contribution < -0.4 is 0 Å². The van der Waals surface area contributed by atoms with Crippen LogP contribution in [0.5, 0.6) is 11.5 Å². The van der Waals surface area contributed by atoms with Crippen molar-refractivity contribution in [2.24, 2.45) is 0 Å². The van der Waals surface area contributed by atoms with Gasteiger partial charge in [-0.1, -0.05) is 0 Å². The summed E-state index contributed by atoms with van der Waals surface area (Å²) in [6.07, 6.45) is 0.447. The molecule has 2 N–H and O–H groups in total. The number of nitro benzene ring substituents is 1. The molecule has 10 heteroatoms. The SMILES string of the molecule is C[N+](C)(CCCS(=O)(=O)[O-])CCc1cc(O)c(O)cc1[N+](=O)[O-]. The maximum atomic E-state index is 11.0. The first kappa shape index (κ1) is 19.1. The lowest BCUT2D eigenvalue weighted by Crippen LogP contribution is -2.42. The lowest BCUT2D eigenvalue weighted by atomic mass is 10.1. The Hall–Kier alpha value is -1.91. The Labute approximate surface area is 134 Å². The Morgan fingerprint density at radius 2 is 1.74 bits per heavy atom. The summed E-state index contributed by atoms with van der Waals surface area (Å²) in [6.45, 7) is 0.850. The summed E-state index contributed by atoms with van der Waals surface area (Å²) < 4.78 is 32.1. The minimum atomic E-state index is -4.25. The summed E-state index contributed by atoms with van der Waals surface area (Å²) >= 11 is 0. The fourth-order valence-electron chi connectivity index (χ4n) is 2.18. The van der Waals surface area contributed by atoms with Crippen LogP contribution in [-0.4, -0.2) is 65.5 Å². The number of quaternary nitrogens is 1. The normalized spacial score (nSPS) is 12.3. The van der Waals surface area contributed by atoms with Crippen LogP contribution in [0.15, 0.2) is 12.1 Å². The van der Waals surface area contributed by atoms with Gasteiger partial charge in [0.25, 0.3) is 5.69 Å². The summed E-state index contributed by atoms with van der Waals surface area (Å²) in [5.74, 6) is -1.45. The van der Waals surface area contributed by atoms with Gasteiger partial charge in [-0.25, -0.2) is 8.42 Å². The minimum absolute atomic E-state index is 0.196. The predicted octanol–water partition coefficient (Wildman–Crippen LogP) is 0.560. The monoisotopic (exact) mass is 348 g/mol. The van der Waals surface area contributed by atoms with E-state index in [9.17, 15) is 33.3 Å². The molecule has 1 rings (SSSR count). The van der Waals surface area contributed by atoms with Crippen LogP contribution >= 0.6 is 0 Å². The van der Waals surface area contributed by atoms with Gasteiger partial charge < -0.3 is 19.2 Å². The molecule has 0 aromatic heterocycles. The fraction of sp³-hybridized carbons (Fsp3) is 0.538. The number of rotatable bonds is 8. The number of phenols is 2. The van der Waals surface area contributed by atoms with Crippen LogP contribution in [0.4, 0.5) is 5.69 Å². The molecule has 0 aliphatic rings. The van der Waals surface area contributed by atoms with Crippen LogP contribution in [0.25, 0.3) is 0 Å². The zero-order valence-electron chi connectivity index (χ0n) is 12.9. The van der Waals surface area contributed by atoms with E-state index in [0.29, 0.717) is 17.6 Å². The molecule has 0 fully saturated rings. The van der Waals surface area contributed by atoms with Crippen molar-refractivity contribution in [3.63, 3.8) is 0 Å². The molecule has 23 heavy (non-hydrogen) atoms. The summed E-state index contributed by atoms with van der Waals surface area (Å²) in [6, 6.07) is 2.05. The molecule has 0 amide bonds. The van der Waals surface area contributed by atoms with Crippen molar-refractivity contribution in [2.45, 2.75) is 12.8 Å². The van der Waals surface area contributed by atoms with Gasteiger partial charge in [-0.2, -0.15) is 0 Å². The van der Waals surface area contributed by atoms with E-state index in [1.807, 2.05) is 14.1 Å². The van der Waals surface area contributed by atoms with Crippen LogP contribution in [0.3, 0.4) is 0 Å². The zero-order chi connectivity index (χ0) is 17.8. The van der Waals surface area contributed by atoms with Crippen molar-refractivity contribution in [1.29, 1.82) is 0 Å². The molecule has 0 unspecified atom stereocenters. The van der Waals surface area contributed by atoms with Gasteiger partial charge in [-0.05, 0) is 6.07 Å². The van der Waals surface area contributed by atoms with Crippen LogP contribution in [0.2, 0.25) is 0 Å². The molecule has 0 atom stereocenters. The topological polar surface area (TPSA) is 141 Å². The summed E-state index contributed by atoms with van der Waals surface area (Å²) in [4.78, 5) is 10.4. The van der Waals surface area contributed by atoms with Gasteiger partial charge in [0.15, 0.2) is 11.5 Å². The first-order chi connectivity index (χ1) is 10.4. The lowest BCUT2D eigenvalue weighted by Gasteiger charge is -2.30. The summed E-state index contributed by atoms with van der Waals surface area (Å²) in [7, 11) is -0.634. The van der Waals surface area contributed by atoms with Gasteiger partial charge >= 0.3 is 0 Å². The van der Waals surface area contributed by atoms with E-state index in [2.05, 4.69) is 0 Å². The van der Waals surface area contributed by atoms with Crippen LogP contribution in [-0.2, 0) is 16.5 Å². The summed E-state index contributed by atoms with van der Waals surface area (Å²) in [5, 5.41) is 29.8. The second kappa shape index (κ2) is 7.11. The molecule has 1 aromatic carbocycles. The van der Waals surface area contributed by atoms with Gasteiger partial charge in [0.05, 0.1) is 48.3 Å². The Morgan fingerprint density at radius 1 is 1.17 bits per heavy atom. The van der Waals surface area contributed by atoms with E-state index in [4.69, 9.17) is 0 Å². The van der Waals surface area contributed by atoms with E-state index in [1.54, 1.807) is 0 Å². The highest BCUT2D eigenvalue weighted by Crippen LogP contribution is 2.33. The minimum Gasteiger partial charge on any atom is -0.748 e. The highest BCUT2D eigenvalue weighted by molar-refractivity contribution is 7.85. The number of nitrogens with zero attached hydrogens (tertiary/aromatic N) is 2. The third-order valence-corrected chi connectivity index (χ3v) is 4.31. The predicted molar refractivity (Wildman–Crippen MR) is 81.2 cm³/mol. The van der Waals surface area contributed by atoms with E-state index in [-0.39, 0.29) is 24.1 Å². The van der Waals surface area contributed by atoms with Gasteiger partial charge in [-0.3, -0.25) is 10.1 Å². The van der Waals surface area contributed by atoms with Gasteiger partial charge in [-0.15, -0.1) is 0 Å². The van der Waals surface area contributed by atoms with E-state index in [1.165, 1.54) is 0 Å². The molecule has 0 aliphatic heterocycles. The second-order valence-electron chi connectivity index (χ2n) is 5.98. The number of aromatic hydroxyl groups is 2. The van der Waals surface area contributed by atoms with Crippen molar-refractivity contribution in [3.05, 3.63) is 27.8 Å². The number of phenolic OH excluding ortho intramolecular Hbond substituents is 2. The molecule has 0 radical (unpaired) electrons. The molecule has 9 nitrogen and oxygen atoms in total. The second-order valence-corrected chi connectivity index (χ2v) is 7.50. The maximum Gasteiger partial charge on any atom is 0.276 e. The molecule has 0 saturated carbocycles. The highest BCUT2D eigenvalue weighted by Gasteiger charge is 2.22. The smallest absolute Gasteiger partial charge is 0.276 e. The molecule has 0 saturated heterocycles. The standard InChI is InChI=1S/C13H20N2O7S/c1-15(2,5-3-7-23(20,21)22)6-4-10-8-12(16)13(17)9-11(10)14(18)19/h8-9H,3-7H2,1-2H3,(H2-,16,17,20,21,22). The molecular weight excluding hydrogens is 328 g/mol. The Balaban J connectivity index is 2.76. The van der Waals surface area contributed by atoms with Crippen molar-refractivity contribution < 1.29 is 32.6 Å². The molecule has 0 aliphatic carbocycles. The quantitative estimate of drug-likeness (QED) is 0.230. The molecule has 0 bridgehead atoms. The van der Waals surface area contributed by atoms with Crippen molar-refractivity contribution in [2.75, 3.05) is 32.9 Å². The molecule has 0 spiro atoms. The number of likely N-dealkylation sites (N-methyl/N-ethyl adjacent to an activating group) is 1. The molecule has 1 aromatic rings. The van der Waals surface area contributed by atoms with Crippen molar-refractivity contribution >= 4 is 15.8 Å². The number of hydrogen-bond donors (Lipinski definition) is 2. The third kappa shape index (κ3) is 6.38. The molecular formula is C13H20N2O7S. The number of benzene rings is 1. The van der Waals surface area contributed by atoms with Gasteiger partial charge in [0.1, 0.15) is 0 Å². The van der Waals surface area contributed by atoms with E-state index in [0.717, 1.165) is 12.1 Å². The van der Waals surface area contributed by atoms with E-state index < -0.39 is 32.3 Å². The van der Waals surface area contributed by atoms with Crippen LogP contribution in [0, 0.1) is 10.1 Å². The zero-order valence-corrected chi connectivity index (χ0v) is 13.7. The van der Waals surface area contributed by atoms with Gasteiger partial charge in [0, 0.05) is 24.2 Å². The highest BCUT2D eigenvalue weighted by atomic mass is 32.2.